The van der Waals surface area contributed by atoms with Crippen molar-refractivity contribution in [1.29, 1.82) is 0 Å². The lowest BCUT2D eigenvalue weighted by atomic mass is 9.98. The Morgan fingerprint density at radius 2 is 1.78 bits per heavy atom. The van der Waals surface area contributed by atoms with Crippen LogP contribution in [0.1, 0.15) is 23.6 Å². The van der Waals surface area contributed by atoms with E-state index in [9.17, 15) is 9.90 Å². The summed E-state index contributed by atoms with van der Waals surface area (Å²) in [5.74, 6) is -0.368. The molecule has 7 nitrogen and oxygen atoms in total. The molecule has 0 saturated carbocycles. The second-order valence-corrected chi connectivity index (χ2v) is 10.3. The van der Waals surface area contributed by atoms with Crippen molar-refractivity contribution in [3.63, 3.8) is 0 Å². The molecule has 2 bridgehead atoms. The fourth-order valence-electron chi connectivity index (χ4n) is 5.04. The van der Waals surface area contributed by atoms with Gasteiger partial charge in [-0.15, -0.1) is 0 Å². The molecule has 9 heteroatoms. The van der Waals surface area contributed by atoms with Gasteiger partial charge in [-0.2, -0.15) is 0 Å². The van der Waals surface area contributed by atoms with Crippen molar-refractivity contribution in [2.24, 2.45) is 0 Å². The number of hydrogen-bond donors (Lipinski definition) is 2. The highest BCUT2D eigenvalue weighted by atomic mass is 35.5. The standard InChI is InChI=1S/C27H24ClN3O3S.H3N/c28-22-11-4-5-12-23(22)35-25-26(32)29-31(27(25)33)24(17-7-2-1-3-8-17)18-9-6-10-19(13-18)30-15-21-14-20(30)16-34-21;/h1-13,20-21,24,33H,14-16H2,(H,29,32);1H3/p-1. The molecule has 4 N–H and O–H groups in total. The van der Waals surface area contributed by atoms with Crippen LogP contribution in [0.3, 0.4) is 0 Å². The Morgan fingerprint density at radius 3 is 2.50 bits per heavy atom. The minimum absolute atomic E-state index is 0. The number of halogens is 1. The van der Waals surface area contributed by atoms with Gasteiger partial charge in [-0.05, 0) is 41.8 Å². The van der Waals surface area contributed by atoms with E-state index in [1.807, 2.05) is 54.6 Å². The van der Waals surface area contributed by atoms with Gasteiger partial charge < -0.3 is 20.9 Å². The summed E-state index contributed by atoms with van der Waals surface area (Å²) in [5.41, 5.74) is 2.52. The maximum Gasteiger partial charge on any atom is 0.277 e. The summed E-state index contributed by atoms with van der Waals surface area (Å²) in [5, 5.41) is 16.9. The van der Waals surface area contributed by atoms with Crippen LogP contribution < -0.4 is 21.7 Å². The predicted molar refractivity (Wildman–Crippen MR) is 141 cm³/mol. The normalized spacial score (nSPS) is 19.3. The van der Waals surface area contributed by atoms with Crippen molar-refractivity contribution in [2.75, 3.05) is 18.1 Å². The van der Waals surface area contributed by atoms with E-state index in [-0.39, 0.29) is 23.0 Å². The average molecular weight is 522 g/mol. The number of anilines is 1. The number of nitrogens with zero attached hydrogens (tertiary/aromatic N) is 2. The van der Waals surface area contributed by atoms with E-state index < -0.39 is 11.6 Å². The lowest BCUT2D eigenvalue weighted by molar-refractivity contribution is -0.284. The molecule has 3 aromatic carbocycles. The quantitative estimate of drug-likeness (QED) is 0.376. The first-order valence-electron chi connectivity index (χ1n) is 11.6. The van der Waals surface area contributed by atoms with Gasteiger partial charge in [0.15, 0.2) is 0 Å². The molecule has 36 heavy (non-hydrogen) atoms. The second-order valence-electron chi connectivity index (χ2n) is 8.88. The first-order chi connectivity index (χ1) is 17.1. The van der Waals surface area contributed by atoms with Gasteiger partial charge >= 0.3 is 0 Å². The first kappa shape index (κ1) is 24.5. The highest BCUT2D eigenvalue weighted by molar-refractivity contribution is 7.99. The lowest BCUT2D eigenvalue weighted by Gasteiger charge is -2.30. The van der Waals surface area contributed by atoms with Crippen LogP contribution in [0.5, 0.6) is 5.88 Å². The van der Waals surface area contributed by atoms with E-state index in [2.05, 4.69) is 22.1 Å². The van der Waals surface area contributed by atoms with Crippen LogP contribution in [0.15, 0.2) is 93.4 Å². The van der Waals surface area contributed by atoms with E-state index in [4.69, 9.17) is 16.3 Å². The van der Waals surface area contributed by atoms with Gasteiger partial charge in [0, 0.05) is 23.0 Å². The molecule has 0 aliphatic carbocycles. The van der Waals surface area contributed by atoms with Crippen LogP contribution in [0.2, 0.25) is 5.02 Å². The Hall–Kier alpha value is -3.17. The van der Waals surface area contributed by atoms with Gasteiger partial charge in [0.05, 0.1) is 34.7 Å². The number of rotatable bonds is 6. The molecule has 186 valence electrons. The number of hydrogen-bond acceptors (Lipinski definition) is 6. The Labute approximate surface area is 218 Å². The maximum absolute atomic E-state index is 13.6. The van der Waals surface area contributed by atoms with Gasteiger partial charge in [0.1, 0.15) is 0 Å². The summed E-state index contributed by atoms with van der Waals surface area (Å²) in [6.45, 7) is 1.62. The Bertz CT molecular complexity index is 1420. The maximum atomic E-state index is 13.6. The number of benzene rings is 3. The van der Waals surface area contributed by atoms with Crippen molar-refractivity contribution < 1.29 is 9.84 Å². The molecular weight excluding hydrogens is 496 g/mol. The van der Waals surface area contributed by atoms with Crippen LogP contribution in [-0.4, -0.2) is 35.1 Å². The second kappa shape index (κ2) is 10.1. The third-order valence-electron chi connectivity index (χ3n) is 6.68. The number of H-pyrrole nitrogens is 1. The van der Waals surface area contributed by atoms with Gasteiger partial charge in [0.2, 0.25) is 0 Å². The largest absolute Gasteiger partial charge is 0.858 e. The molecule has 2 aliphatic heterocycles. The van der Waals surface area contributed by atoms with Crippen LogP contribution in [0.4, 0.5) is 5.69 Å². The summed E-state index contributed by atoms with van der Waals surface area (Å²) in [4.78, 5) is 16.1. The summed E-state index contributed by atoms with van der Waals surface area (Å²) < 4.78 is 7.21. The van der Waals surface area contributed by atoms with Crippen molar-refractivity contribution >= 4 is 29.1 Å². The molecule has 1 aromatic heterocycles. The van der Waals surface area contributed by atoms with Crippen LogP contribution in [0.25, 0.3) is 0 Å². The number of nitrogens with one attached hydrogen (secondary N) is 1. The molecule has 3 heterocycles. The number of fused-ring (bicyclic) bond motifs is 2. The van der Waals surface area contributed by atoms with E-state index in [0.29, 0.717) is 16.0 Å². The summed E-state index contributed by atoms with van der Waals surface area (Å²) in [7, 11) is 0. The molecule has 3 atom stereocenters. The minimum atomic E-state index is -0.479. The number of morpholine rings is 1. The zero-order valence-electron chi connectivity index (χ0n) is 19.5. The molecule has 0 amide bonds. The SMILES string of the molecule is N.O=c1[nH]n(C(c2ccccc2)c2cccc(N3CC4CC3CO4)c2)c([O-])c1Sc1ccccc1Cl. The van der Waals surface area contributed by atoms with E-state index in [1.165, 1.54) is 4.68 Å². The third kappa shape index (κ3) is 4.41. The summed E-state index contributed by atoms with van der Waals surface area (Å²) >= 11 is 7.39. The molecule has 3 unspecified atom stereocenters. The minimum Gasteiger partial charge on any atom is -0.858 e. The predicted octanol–water partition coefficient (Wildman–Crippen LogP) is 4.83. The Kier molecular flexibility index (Phi) is 6.85. The molecule has 0 radical (unpaired) electrons. The summed E-state index contributed by atoms with van der Waals surface area (Å²) in [6.07, 6.45) is 1.33. The van der Waals surface area contributed by atoms with Crippen molar-refractivity contribution in [1.82, 2.24) is 15.9 Å². The van der Waals surface area contributed by atoms with Gasteiger partial charge in [-0.3, -0.25) is 14.6 Å². The van der Waals surface area contributed by atoms with E-state index in [0.717, 1.165) is 48.1 Å². The van der Waals surface area contributed by atoms with Gasteiger partial charge in [-0.25, -0.2) is 0 Å². The smallest absolute Gasteiger partial charge is 0.277 e. The van der Waals surface area contributed by atoms with Crippen LogP contribution in [0, 0.1) is 0 Å². The number of aromatic amines is 1. The first-order valence-corrected chi connectivity index (χ1v) is 12.7. The van der Waals surface area contributed by atoms with Crippen molar-refractivity contribution in [3.8, 4) is 5.88 Å². The highest BCUT2D eigenvalue weighted by Crippen LogP contribution is 2.39. The average Bonchev–Trinajstić information content (AvgIpc) is 3.58. The van der Waals surface area contributed by atoms with Crippen molar-refractivity contribution in [2.45, 2.75) is 34.4 Å². The Balaban J connectivity index is 0.00000267. The third-order valence-corrected chi connectivity index (χ3v) is 8.26. The van der Waals surface area contributed by atoms with Gasteiger partial charge in [-0.1, -0.05) is 78.0 Å². The van der Waals surface area contributed by atoms with E-state index >= 15 is 0 Å². The number of ether oxygens (including phenoxy) is 1. The Morgan fingerprint density at radius 1 is 1.03 bits per heavy atom. The topological polar surface area (TPSA) is 108 Å². The van der Waals surface area contributed by atoms with Crippen LogP contribution in [-0.2, 0) is 4.74 Å². The molecule has 2 saturated heterocycles. The zero-order valence-corrected chi connectivity index (χ0v) is 21.0. The van der Waals surface area contributed by atoms with Crippen molar-refractivity contribution in [3.05, 3.63) is 105 Å². The van der Waals surface area contributed by atoms with E-state index in [1.54, 1.807) is 12.1 Å². The van der Waals surface area contributed by atoms with Gasteiger partial charge in [0.25, 0.3) is 5.56 Å². The molecule has 2 fully saturated rings. The fourth-order valence-corrected chi connectivity index (χ4v) is 6.15. The summed E-state index contributed by atoms with van der Waals surface area (Å²) in [6, 6.07) is 25.1. The molecule has 6 rings (SSSR count). The monoisotopic (exact) mass is 521 g/mol. The molecule has 4 aromatic rings. The lowest BCUT2D eigenvalue weighted by Crippen LogP contribution is -2.37. The number of aromatic nitrogens is 2. The van der Waals surface area contributed by atoms with Crippen LogP contribution >= 0.6 is 23.4 Å². The zero-order chi connectivity index (χ0) is 23.9. The molecular formula is C27H26ClN4O3S-. The molecule has 0 spiro atoms. The fraction of sp³-hybridized carbons (Fsp3) is 0.222. The molecule has 2 aliphatic rings. The highest BCUT2D eigenvalue weighted by Gasteiger charge is 2.39.